The lowest BCUT2D eigenvalue weighted by atomic mass is 10.1. The minimum atomic E-state index is -0.498. The summed E-state index contributed by atoms with van der Waals surface area (Å²) in [7, 11) is 0. The van der Waals surface area contributed by atoms with Crippen LogP contribution in [0.5, 0.6) is 11.5 Å². The SMILES string of the molecule is CCOc1cc(/C=C2\SC(=O)N(Cc3ccc(F)cc3Cl)C2=O)cc(I)c1OCc1ccc(F)cc1. The maximum Gasteiger partial charge on any atom is 0.293 e. The third-order valence-electron chi connectivity index (χ3n) is 5.14. The van der Waals surface area contributed by atoms with Crippen molar-refractivity contribution in [3.63, 3.8) is 0 Å². The van der Waals surface area contributed by atoms with Crippen LogP contribution in [0.3, 0.4) is 0 Å². The highest BCUT2D eigenvalue weighted by Crippen LogP contribution is 2.38. The summed E-state index contributed by atoms with van der Waals surface area (Å²) in [6.45, 7) is 2.40. The van der Waals surface area contributed by atoms with Gasteiger partial charge in [0.15, 0.2) is 11.5 Å². The van der Waals surface area contributed by atoms with Crippen LogP contribution in [0.4, 0.5) is 13.6 Å². The second-order valence-corrected chi connectivity index (χ2v) is 10.2. The maximum absolute atomic E-state index is 13.3. The van der Waals surface area contributed by atoms with Gasteiger partial charge in [0.05, 0.1) is 21.6 Å². The summed E-state index contributed by atoms with van der Waals surface area (Å²) in [5, 5.41) is -0.296. The van der Waals surface area contributed by atoms with E-state index in [-0.39, 0.29) is 28.9 Å². The Kier molecular flexibility index (Phi) is 8.53. The molecule has 0 atom stereocenters. The summed E-state index contributed by atoms with van der Waals surface area (Å²) in [6, 6.07) is 13.4. The third-order valence-corrected chi connectivity index (χ3v) is 7.20. The van der Waals surface area contributed by atoms with Crippen LogP contribution in [-0.2, 0) is 17.9 Å². The van der Waals surface area contributed by atoms with Crippen LogP contribution in [0.15, 0.2) is 59.5 Å². The number of thioether (sulfide) groups is 1. The van der Waals surface area contributed by atoms with E-state index in [9.17, 15) is 18.4 Å². The highest BCUT2D eigenvalue weighted by atomic mass is 127. The Labute approximate surface area is 229 Å². The maximum atomic E-state index is 13.3. The standard InChI is InChI=1S/C26H19ClF2INO4S/c1-2-34-22-10-16(9-21(30)24(22)35-14-15-3-6-18(28)7-4-15)11-23-25(32)31(26(33)36-23)13-17-5-8-19(29)12-20(17)27/h3-12H,2,13-14H2,1H3/b23-11-. The van der Waals surface area contributed by atoms with E-state index in [1.807, 2.05) is 13.0 Å². The Morgan fingerprint density at radius 2 is 1.75 bits per heavy atom. The molecule has 10 heteroatoms. The van der Waals surface area contributed by atoms with E-state index in [1.54, 1.807) is 24.3 Å². The number of nitrogens with zero attached hydrogens (tertiary/aromatic N) is 1. The van der Waals surface area contributed by atoms with E-state index in [2.05, 4.69) is 22.6 Å². The van der Waals surface area contributed by atoms with E-state index in [1.165, 1.54) is 24.3 Å². The van der Waals surface area contributed by atoms with Gasteiger partial charge in [-0.2, -0.15) is 0 Å². The van der Waals surface area contributed by atoms with Crippen LogP contribution in [0.2, 0.25) is 5.02 Å². The largest absolute Gasteiger partial charge is 0.490 e. The molecule has 0 N–H and O–H groups in total. The quantitative estimate of drug-likeness (QED) is 0.189. The molecule has 0 aromatic heterocycles. The van der Waals surface area contributed by atoms with Gasteiger partial charge in [0.25, 0.3) is 11.1 Å². The van der Waals surface area contributed by atoms with E-state index < -0.39 is 17.0 Å². The zero-order valence-corrected chi connectivity index (χ0v) is 22.6. The van der Waals surface area contributed by atoms with Gasteiger partial charge in [-0.05, 0) is 100 Å². The van der Waals surface area contributed by atoms with E-state index in [0.717, 1.165) is 31.9 Å². The molecule has 1 saturated heterocycles. The van der Waals surface area contributed by atoms with E-state index in [4.69, 9.17) is 21.1 Å². The average Bonchev–Trinajstić information content (AvgIpc) is 3.08. The van der Waals surface area contributed by atoms with Crippen molar-refractivity contribution in [3.8, 4) is 11.5 Å². The molecular weight excluding hydrogens is 623 g/mol. The molecule has 1 fully saturated rings. The number of rotatable bonds is 8. The van der Waals surface area contributed by atoms with Crippen LogP contribution in [0.25, 0.3) is 6.08 Å². The Morgan fingerprint density at radius 3 is 2.44 bits per heavy atom. The van der Waals surface area contributed by atoms with Crippen molar-refractivity contribution in [2.75, 3.05) is 6.61 Å². The fourth-order valence-corrected chi connectivity index (χ4v) is 5.26. The number of benzene rings is 3. The molecule has 0 aliphatic carbocycles. The summed E-state index contributed by atoms with van der Waals surface area (Å²) in [4.78, 5) is 26.8. The Bertz CT molecular complexity index is 1350. The van der Waals surface area contributed by atoms with Crippen molar-refractivity contribution >= 4 is 63.2 Å². The highest BCUT2D eigenvalue weighted by molar-refractivity contribution is 14.1. The predicted octanol–water partition coefficient (Wildman–Crippen LogP) is 7.44. The molecule has 1 aliphatic rings. The van der Waals surface area contributed by atoms with Gasteiger partial charge in [-0.15, -0.1) is 0 Å². The summed E-state index contributed by atoms with van der Waals surface area (Å²) in [5.74, 6) is -0.275. The number of halogens is 4. The van der Waals surface area contributed by atoms with Gasteiger partial charge >= 0.3 is 0 Å². The minimum absolute atomic E-state index is 0.0565. The molecule has 186 valence electrons. The number of carbonyl (C=O) groups excluding carboxylic acids is 2. The summed E-state index contributed by atoms with van der Waals surface area (Å²) < 4.78 is 39.0. The molecule has 0 bridgehead atoms. The second kappa shape index (κ2) is 11.6. The van der Waals surface area contributed by atoms with Crippen LogP contribution < -0.4 is 9.47 Å². The van der Waals surface area contributed by atoms with E-state index in [0.29, 0.717) is 29.2 Å². The molecule has 5 nitrogen and oxygen atoms in total. The fourth-order valence-electron chi connectivity index (χ4n) is 3.42. The molecule has 0 radical (unpaired) electrons. The van der Waals surface area contributed by atoms with Gasteiger partial charge in [0.1, 0.15) is 18.2 Å². The first-order valence-electron chi connectivity index (χ1n) is 10.8. The Hall–Kier alpha value is -2.63. The minimum Gasteiger partial charge on any atom is -0.490 e. The number of amides is 2. The summed E-state index contributed by atoms with van der Waals surface area (Å²) in [6.07, 6.45) is 1.62. The topological polar surface area (TPSA) is 55.8 Å². The van der Waals surface area contributed by atoms with Crippen molar-refractivity contribution in [2.45, 2.75) is 20.1 Å². The second-order valence-electron chi connectivity index (χ2n) is 7.68. The van der Waals surface area contributed by atoms with Gasteiger partial charge in [0, 0.05) is 5.02 Å². The lowest BCUT2D eigenvalue weighted by Crippen LogP contribution is -2.27. The van der Waals surface area contributed by atoms with Crippen molar-refractivity contribution in [2.24, 2.45) is 0 Å². The Morgan fingerprint density at radius 1 is 1.03 bits per heavy atom. The molecule has 0 unspecified atom stereocenters. The van der Waals surface area contributed by atoms with Gasteiger partial charge in [0.2, 0.25) is 0 Å². The molecule has 1 heterocycles. The number of imide groups is 1. The van der Waals surface area contributed by atoms with Gasteiger partial charge < -0.3 is 9.47 Å². The predicted molar refractivity (Wildman–Crippen MR) is 144 cm³/mol. The zero-order chi connectivity index (χ0) is 25.8. The van der Waals surface area contributed by atoms with Crippen molar-refractivity contribution < 1.29 is 27.8 Å². The number of hydrogen-bond acceptors (Lipinski definition) is 5. The first-order chi connectivity index (χ1) is 17.2. The molecule has 1 aliphatic heterocycles. The molecule has 3 aromatic carbocycles. The fraction of sp³-hybridized carbons (Fsp3) is 0.154. The lowest BCUT2D eigenvalue weighted by molar-refractivity contribution is -0.123. The van der Waals surface area contributed by atoms with Crippen LogP contribution in [0.1, 0.15) is 23.6 Å². The van der Waals surface area contributed by atoms with Crippen molar-refractivity contribution in [1.82, 2.24) is 4.90 Å². The van der Waals surface area contributed by atoms with Crippen molar-refractivity contribution in [1.29, 1.82) is 0 Å². The van der Waals surface area contributed by atoms with Crippen LogP contribution in [-0.4, -0.2) is 22.7 Å². The molecule has 0 saturated carbocycles. The number of hydrogen-bond donors (Lipinski definition) is 0. The first kappa shape index (κ1) is 26.4. The molecule has 3 aromatic rings. The van der Waals surface area contributed by atoms with Gasteiger partial charge in [-0.1, -0.05) is 29.8 Å². The van der Waals surface area contributed by atoms with Crippen molar-refractivity contribution in [3.05, 3.63) is 96.4 Å². The van der Waals surface area contributed by atoms with Crippen LogP contribution >= 0.6 is 46.0 Å². The van der Waals surface area contributed by atoms with Gasteiger partial charge in [-0.25, -0.2) is 8.78 Å². The highest BCUT2D eigenvalue weighted by Gasteiger charge is 2.35. The lowest BCUT2D eigenvalue weighted by Gasteiger charge is -2.15. The zero-order valence-electron chi connectivity index (χ0n) is 18.9. The van der Waals surface area contributed by atoms with E-state index >= 15 is 0 Å². The summed E-state index contributed by atoms with van der Waals surface area (Å²) >= 11 is 9.00. The summed E-state index contributed by atoms with van der Waals surface area (Å²) in [5.41, 5.74) is 1.92. The van der Waals surface area contributed by atoms with Gasteiger partial charge in [-0.3, -0.25) is 14.5 Å². The normalized spacial score (nSPS) is 14.6. The Balaban J connectivity index is 1.55. The molecular formula is C26H19ClF2INO4S. The monoisotopic (exact) mass is 641 g/mol. The molecule has 4 rings (SSSR count). The molecule has 0 spiro atoms. The first-order valence-corrected chi connectivity index (χ1v) is 13.1. The molecule has 36 heavy (non-hydrogen) atoms. The smallest absolute Gasteiger partial charge is 0.293 e. The number of ether oxygens (including phenoxy) is 2. The third kappa shape index (κ3) is 6.19. The molecule has 2 amide bonds. The van der Waals surface area contributed by atoms with Crippen LogP contribution in [0, 0.1) is 15.2 Å². The average molecular weight is 642 g/mol. The number of carbonyl (C=O) groups is 2.